The minimum Gasteiger partial charge on any atom is -0.497 e. The van der Waals surface area contributed by atoms with Gasteiger partial charge in [-0.05, 0) is 36.4 Å². The third-order valence-corrected chi connectivity index (χ3v) is 6.15. The second kappa shape index (κ2) is 9.09. The van der Waals surface area contributed by atoms with Crippen LogP contribution in [-0.2, 0) is 4.74 Å². The molecular weight excluding hydrogens is 410 g/mol. The van der Waals surface area contributed by atoms with Gasteiger partial charge in [0.1, 0.15) is 5.75 Å². The first-order valence-electron chi connectivity index (χ1n) is 9.46. The fraction of sp³-hybridized carbons (Fsp3) is 0.333. The zero-order valence-electron chi connectivity index (χ0n) is 16.1. The van der Waals surface area contributed by atoms with Gasteiger partial charge in [0.05, 0.1) is 30.5 Å². The molecule has 29 heavy (non-hydrogen) atoms. The van der Waals surface area contributed by atoms with Crippen LogP contribution in [0.2, 0.25) is 5.02 Å². The number of aromatic nitrogens is 1. The van der Waals surface area contributed by atoms with Crippen molar-refractivity contribution in [2.45, 2.75) is 0 Å². The largest absolute Gasteiger partial charge is 0.497 e. The van der Waals surface area contributed by atoms with E-state index in [1.54, 1.807) is 36.3 Å². The highest BCUT2D eigenvalue weighted by Crippen LogP contribution is 2.32. The standard InChI is InChI=1S/C21H22ClN3O3S/c1-27-17-5-6-18-19(14-17)29-21(23-18)25(8-7-24-9-11-28-12-10-24)20(26)15-3-2-4-16(22)13-15/h2-6,13-14H,7-12H2,1H3. The number of morpholine rings is 1. The van der Waals surface area contributed by atoms with E-state index in [2.05, 4.69) is 4.90 Å². The Balaban J connectivity index is 1.64. The molecule has 0 spiro atoms. The molecule has 1 aromatic heterocycles. The van der Waals surface area contributed by atoms with Crippen molar-refractivity contribution in [2.75, 3.05) is 51.4 Å². The van der Waals surface area contributed by atoms with E-state index in [1.165, 1.54) is 11.3 Å². The monoisotopic (exact) mass is 431 g/mol. The third kappa shape index (κ3) is 4.70. The van der Waals surface area contributed by atoms with Crippen LogP contribution in [-0.4, -0.2) is 62.3 Å². The second-order valence-corrected chi connectivity index (χ2v) is 8.20. The fourth-order valence-corrected chi connectivity index (χ4v) is 4.47. The zero-order valence-corrected chi connectivity index (χ0v) is 17.7. The summed E-state index contributed by atoms with van der Waals surface area (Å²) in [6.07, 6.45) is 0. The topological polar surface area (TPSA) is 54.9 Å². The SMILES string of the molecule is COc1ccc2nc(N(CCN3CCOCC3)C(=O)c3cccc(Cl)c3)sc2c1. The van der Waals surface area contributed by atoms with Crippen LogP contribution in [0.15, 0.2) is 42.5 Å². The maximum atomic E-state index is 13.3. The lowest BCUT2D eigenvalue weighted by atomic mass is 10.2. The van der Waals surface area contributed by atoms with Gasteiger partial charge in [-0.25, -0.2) is 4.98 Å². The molecule has 1 fully saturated rings. The number of hydrogen-bond acceptors (Lipinski definition) is 6. The lowest BCUT2D eigenvalue weighted by molar-refractivity contribution is 0.0391. The molecule has 0 saturated carbocycles. The number of fused-ring (bicyclic) bond motifs is 1. The van der Waals surface area contributed by atoms with Gasteiger partial charge in [0.2, 0.25) is 0 Å². The van der Waals surface area contributed by atoms with E-state index in [4.69, 9.17) is 26.1 Å². The molecule has 0 aliphatic carbocycles. The average molecular weight is 432 g/mol. The maximum absolute atomic E-state index is 13.3. The van der Waals surface area contributed by atoms with Crippen LogP contribution < -0.4 is 9.64 Å². The first-order chi connectivity index (χ1) is 14.1. The van der Waals surface area contributed by atoms with Gasteiger partial charge in [0.25, 0.3) is 5.91 Å². The number of ether oxygens (including phenoxy) is 2. The number of nitrogens with zero attached hydrogens (tertiary/aromatic N) is 3. The van der Waals surface area contributed by atoms with Crippen molar-refractivity contribution in [1.82, 2.24) is 9.88 Å². The number of carbonyl (C=O) groups excluding carboxylic acids is 1. The Kier molecular flexibility index (Phi) is 6.30. The number of amides is 1. The zero-order chi connectivity index (χ0) is 20.2. The van der Waals surface area contributed by atoms with Crippen LogP contribution >= 0.6 is 22.9 Å². The quantitative estimate of drug-likeness (QED) is 0.591. The lowest BCUT2D eigenvalue weighted by Crippen LogP contribution is -2.43. The summed E-state index contributed by atoms with van der Waals surface area (Å²) in [6.45, 7) is 4.50. The number of thiazole rings is 1. The van der Waals surface area contributed by atoms with Crippen molar-refractivity contribution in [2.24, 2.45) is 0 Å². The predicted molar refractivity (Wildman–Crippen MR) is 117 cm³/mol. The summed E-state index contributed by atoms with van der Waals surface area (Å²) in [5.41, 5.74) is 1.40. The summed E-state index contributed by atoms with van der Waals surface area (Å²) in [4.78, 5) is 22.1. The van der Waals surface area contributed by atoms with Gasteiger partial charge in [-0.2, -0.15) is 0 Å². The smallest absolute Gasteiger partial charge is 0.260 e. The normalized spacial score (nSPS) is 14.8. The van der Waals surface area contributed by atoms with Gasteiger partial charge in [0, 0.05) is 36.8 Å². The Bertz CT molecular complexity index is 1000. The molecule has 6 nitrogen and oxygen atoms in total. The average Bonchev–Trinajstić information content (AvgIpc) is 3.17. The molecule has 1 aliphatic rings. The van der Waals surface area contributed by atoms with Gasteiger partial charge in [0.15, 0.2) is 5.13 Å². The molecule has 152 valence electrons. The highest BCUT2D eigenvalue weighted by Gasteiger charge is 2.23. The summed E-state index contributed by atoms with van der Waals surface area (Å²) in [6, 6.07) is 12.8. The molecule has 1 amide bonds. The maximum Gasteiger partial charge on any atom is 0.260 e. The molecule has 0 unspecified atom stereocenters. The molecule has 1 aliphatic heterocycles. The molecular formula is C21H22ClN3O3S. The van der Waals surface area contributed by atoms with Gasteiger partial charge < -0.3 is 9.47 Å². The van der Waals surface area contributed by atoms with Crippen molar-refractivity contribution in [3.8, 4) is 5.75 Å². The summed E-state index contributed by atoms with van der Waals surface area (Å²) in [5, 5.41) is 1.21. The van der Waals surface area contributed by atoms with Gasteiger partial charge in [-0.15, -0.1) is 0 Å². The van der Waals surface area contributed by atoms with Gasteiger partial charge in [-0.3, -0.25) is 14.6 Å². The van der Waals surface area contributed by atoms with Crippen LogP contribution in [0.5, 0.6) is 5.75 Å². The Hall–Kier alpha value is -2.19. The number of hydrogen-bond donors (Lipinski definition) is 0. The molecule has 2 aromatic carbocycles. The van der Waals surface area contributed by atoms with E-state index >= 15 is 0 Å². The number of methoxy groups -OCH3 is 1. The number of carbonyl (C=O) groups is 1. The Morgan fingerprint density at radius 3 is 2.86 bits per heavy atom. The van der Waals surface area contributed by atoms with Crippen LogP contribution in [0.3, 0.4) is 0 Å². The van der Waals surface area contributed by atoms with Crippen molar-refractivity contribution in [3.05, 3.63) is 53.1 Å². The number of rotatable bonds is 6. The van der Waals surface area contributed by atoms with Crippen LogP contribution in [0.25, 0.3) is 10.2 Å². The van der Waals surface area contributed by atoms with Crippen LogP contribution in [0.4, 0.5) is 5.13 Å². The molecule has 0 radical (unpaired) electrons. The minimum atomic E-state index is -0.105. The van der Waals surface area contributed by atoms with E-state index in [0.29, 0.717) is 22.3 Å². The lowest BCUT2D eigenvalue weighted by Gasteiger charge is -2.29. The Morgan fingerprint density at radius 2 is 2.10 bits per heavy atom. The second-order valence-electron chi connectivity index (χ2n) is 6.75. The van der Waals surface area contributed by atoms with Crippen molar-refractivity contribution >= 4 is 44.2 Å². The molecule has 0 atom stereocenters. The number of anilines is 1. The summed E-state index contributed by atoms with van der Waals surface area (Å²) in [5.74, 6) is 0.667. The molecule has 2 heterocycles. The number of halogens is 1. The molecule has 1 saturated heterocycles. The predicted octanol–water partition coefficient (Wildman–Crippen LogP) is 3.94. The van der Waals surface area contributed by atoms with Gasteiger partial charge in [-0.1, -0.05) is 29.0 Å². The first-order valence-corrected chi connectivity index (χ1v) is 10.7. The van der Waals surface area contributed by atoms with Crippen molar-refractivity contribution in [1.29, 1.82) is 0 Å². The molecule has 0 bridgehead atoms. The number of benzene rings is 2. The van der Waals surface area contributed by atoms with E-state index in [-0.39, 0.29) is 5.91 Å². The molecule has 8 heteroatoms. The highest BCUT2D eigenvalue weighted by molar-refractivity contribution is 7.22. The highest BCUT2D eigenvalue weighted by atomic mass is 35.5. The fourth-order valence-electron chi connectivity index (χ4n) is 3.26. The molecule has 0 N–H and O–H groups in total. The van der Waals surface area contributed by atoms with E-state index in [1.807, 2.05) is 18.2 Å². The van der Waals surface area contributed by atoms with E-state index in [9.17, 15) is 4.79 Å². The van der Waals surface area contributed by atoms with Gasteiger partial charge >= 0.3 is 0 Å². The van der Waals surface area contributed by atoms with Crippen molar-refractivity contribution in [3.63, 3.8) is 0 Å². The first kappa shape index (κ1) is 20.1. The van der Waals surface area contributed by atoms with Crippen LogP contribution in [0.1, 0.15) is 10.4 Å². The summed E-state index contributed by atoms with van der Waals surface area (Å²) < 4.78 is 11.7. The molecule has 4 rings (SSSR count). The third-order valence-electron chi connectivity index (χ3n) is 4.88. The van der Waals surface area contributed by atoms with E-state index < -0.39 is 0 Å². The Morgan fingerprint density at radius 1 is 1.28 bits per heavy atom. The van der Waals surface area contributed by atoms with Crippen LogP contribution in [0, 0.1) is 0 Å². The van der Waals surface area contributed by atoms with Crippen molar-refractivity contribution < 1.29 is 14.3 Å². The minimum absolute atomic E-state index is 0.105. The Labute approximate surface area is 178 Å². The molecule has 3 aromatic rings. The van der Waals surface area contributed by atoms with E-state index in [0.717, 1.165) is 48.8 Å². The summed E-state index contributed by atoms with van der Waals surface area (Å²) in [7, 11) is 1.64. The summed E-state index contributed by atoms with van der Waals surface area (Å²) >= 11 is 7.60.